The lowest BCUT2D eigenvalue weighted by Gasteiger charge is -2.19. The van der Waals surface area contributed by atoms with Crippen molar-refractivity contribution >= 4 is 11.0 Å². The maximum absolute atomic E-state index is 6.56. The lowest BCUT2D eigenvalue weighted by Crippen LogP contribution is -2.25. The normalized spacial score (nSPS) is 15.6. The van der Waals surface area contributed by atoms with Crippen molar-refractivity contribution in [3.63, 3.8) is 0 Å². The van der Waals surface area contributed by atoms with Crippen LogP contribution in [0, 0.1) is 0 Å². The van der Waals surface area contributed by atoms with Crippen molar-refractivity contribution in [2.45, 2.75) is 78.2 Å². The van der Waals surface area contributed by atoms with E-state index in [1.54, 1.807) is 0 Å². The average molecular weight is 625 g/mol. The van der Waals surface area contributed by atoms with Gasteiger partial charge in [-0.25, -0.2) is 4.98 Å². The molecule has 6 rings (SSSR count). The van der Waals surface area contributed by atoms with Gasteiger partial charge in [0.25, 0.3) is 0 Å². The zero-order valence-corrected chi connectivity index (χ0v) is 28.0. The number of rotatable bonds is 17. The first-order valence-electron chi connectivity index (χ1n) is 17.8. The zero-order chi connectivity index (χ0) is 31.6. The molecule has 0 N–H and O–H groups in total. The number of hydrogen-bond donors (Lipinski definition) is 0. The highest BCUT2D eigenvalue weighted by Crippen LogP contribution is 2.37. The number of fused-ring (bicyclic) bond motifs is 1. The number of unbranched alkanes of at least 4 members (excludes halogenated alkanes) is 2. The Labute approximate surface area is 275 Å². The third kappa shape index (κ3) is 8.42. The van der Waals surface area contributed by atoms with E-state index in [0.29, 0.717) is 13.2 Å². The second-order valence-corrected chi connectivity index (χ2v) is 12.9. The molecule has 3 heterocycles. The van der Waals surface area contributed by atoms with Crippen molar-refractivity contribution in [1.82, 2.24) is 19.4 Å². The Morgan fingerprint density at radius 2 is 1.30 bits per heavy atom. The molecule has 246 valence electrons. The van der Waals surface area contributed by atoms with E-state index in [9.17, 15) is 0 Å². The monoisotopic (exact) mass is 624 g/mol. The second-order valence-electron chi connectivity index (χ2n) is 12.9. The van der Waals surface area contributed by atoms with E-state index >= 15 is 0 Å². The number of benzene rings is 3. The fraction of sp³-hybridized carbons (Fsp3) is 0.513. The molecule has 3 aromatic carbocycles. The van der Waals surface area contributed by atoms with E-state index in [1.807, 2.05) is 6.07 Å². The van der Waals surface area contributed by atoms with E-state index in [2.05, 4.69) is 82.8 Å². The number of likely N-dealkylation sites (tertiary alicyclic amines) is 2. The molecule has 0 bridgehead atoms. The summed E-state index contributed by atoms with van der Waals surface area (Å²) in [7, 11) is 0. The average Bonchev–Trinajstić information content (AvgIpc) is 3.86. The van der Waals surface area contributed by atoms with Gasteiger partial charge in [0.1, 0.15) is 42.0 Å². The number of hydrogen-bond acceptors (Lipinski definition) is 6. The van der Waals surface area contributed by atoms with E-state index in [0.717, 1.165) is 97.4 Å². The van der Waals surface area contributed by atoms with Crippen molar-refractivity contribution < 1.29 is 14.2 Å². The fourth-order valence-corrected chi connectivity index (χ4v) is 6.64. The van der Waals surface area contributed by atoms with Crippen LogP contribution in [0.3, 0.4) is 0 Å². The molecule has 0 radical (unpaired) electrons. The van der Waals surface area contributed by atoms with E-state index in [-0.39, 0.29) is 0 Å². The summed E-state index contributed by atoms with van der Waals surface area (Å²) in [5.41, 5.74) is 4.40. The van der Waals surface area contributed by atoms with Crippen LogP contribution in [0.1, 0.15) is 70.8 Å². The second kappa shape index (κ2) is 16.3. The largest absolute Gasteiger partial charge is 0.492 e. The molecule has 46 heavy (non-hydrogen) atoms. The predicted molar refractivity (Wildman–Crippen MR) is 188 cm³/mol. The molecule has 2 fully saturated rings. The van der Waals surface area contributed by atoms with Gasteiger partial charge in [0.15, 0.2) is 0 Å². The third-order valence-corrected chi connectivity index (χ3v) is 9.37. The lowest BCUT2D eigenvalue weighted by atomic mass is 10.1. The molecule has 0 atom stereocenters. The van der Waals surface area contributed by atoms with Gasteiger partial charge in [-0.3, -0.25) is 9.80 Å². The summed E-state index contributed by atoms with van der Waals surface area (Å²) in [6.45, 7) is 13.3. The standard InChI is InChI=1S/C39H52N4O3/c1-3-5-11-31-12-14-32(15-13-31)46-34-17-19-36-37(29-34)43(24-6-4-2)39(40-36)35-18-16-33(44-27-25-41-20-7-8-21-41)30-38(35)45-28-26-42-22-9-10-23-42/h12-19,29-30H,3-11,20-28H2,1-2H3. The maximum atomic E-state index is 6.56. The first-order chi connectivity index (χ1) is 22.7. The van der Waals surface area contributed by atoms with Crippen LogP contribution in [-0.4, -0.2) is 71.8 Å². The first-order valence-corrected chi connectivity index (χ1v) is 17.8. The molecule has 0 unspecified atom stereocenters. The Balaban J connectivity index is 1.26. The van der Waals surface area contributed by atoms with Gasteiger partial charge in [-0.05, 0) is 113 Å². The summed E-state index contributed by atoms with van der Waals surface area (Å²) in [6, 6.07) is 21.0. The number of ether oxygens (including phenoxy) is 3. The van der Waals surface area contributed by atoms with Gasteiger partial charge in [-0.2, -0.15) is 0 Å². The van der Waals surface area contributed by atoms with Crippen molar-refractivity contribution in [1.29, 1.82) is 0 Å². The van der Waals surface area contributed by atoms with Crippen LogP contribution < -0.4 is 14.2 Å². The van der Waals surface area contributed by atoms with E-state index in [4.69, 9.17) is 19.2 Å². The summed E-state index contributed by atoms with van der Waals surface area (Å²) in [5.74, 6) is 4.30. The van der Waals surface area contributed by atoms with Crippen molar-refractivity contribution in [3.05, 3.63) is 66.2 Å². The van der Waals surface area contributed by atoms with Gasteiger partial charge in [0.05, 0.1) is 16.6 Å². The Bertz CT molecular complexity index is 1520. The van der Waals surface area contributed by atoms with Crippen LogP contribution in [0.4, 0.5) is 0 Å². The minimum absolute atomic E-state index is 0.647. The van der Waals surface area contributed by atoms with E-state index in [1.165, 1.54) is 57.2 Å². The molecular formula is C39H52N4O3. The van der Waals surface area contributed by atoms with Crippen LogP contribution in [0.2, 0.25) is 0 Å². The van der Waals surface area contributed by atoms with Crippen LogP contribution in [-0.2, 0) is 13.0 Å². The minimum Gasteiger partial charge on any atom is -0.492 e. The SMILES string of the molecule is CCCCc1ccc(Oc2ccc3nc(-c4ccc(OCCN5CCCC5)cc4OCCN4CCCC4)n(CCCC)c3c2)cc1. The minimum atomic E-state index is 0.647. The van der Waals surface area contributed by atoms with Crippen LogP contribution in [0.25, 0.3) is 22.4 Å². The third-order valence-electron chi connectivity index (χ3n) is 9.37. The number of nitrogens with zero attached hydrogens (tertiary/aromatic N) is 4. The van der Waals surface area contributed by atoms with Gasteiger partial charge in [0.2, 0.25) is 0 Å². The molecule has 0 aliphatic carbocycles. The van der Waals surface area contributed by atoms with E-state index < -0.39 is 0 Å². The Hall–Kier alpha value is -3.55. The molecule has 0 saturated carbocycles. The van der Waals surface area contributed by atoms with Crippen molar-refractivity contribution in [2.75, 3.05) is 52.5 Å². The van der Waals surface area contributed by atoms with Crippen molar-refractivity contribution in [2.24, 2.45) is 0 Å². The van der Waals surface area contributed by atoms with Crippen LogP contribution in [0.15, 0.2) is 60.7 Å². The summed E-state index contributed by atoms with van der Waals surface area (Å²) < 4.78 is 21.5. The van der Waals surface area contributed by atoms with Gasteiger partial charge in [-0.1, -0.05) is 38.8 Å². The topological polar surface area (TPSA) is 52.0 Å². The molecule has 7 heteroatoms. The fourth-order valence-electron chi connectivity index (χ4n) is 6.64. The summed E-state index contributed by atoms with van der Waals surface area (Å²) in [4.78, 5) is 10.2. The van der Waals surface area contributed by atoms with Gasteiger partial charge < -0.3 is 18.8 Å². The number of aryl methyl sites for hydroxylation is 2. The highest BCUT2D eigenvalue weighted by Gasteiger charge is 2.20. The Morgan fingerprint density at radius 3 is 2.00 bits per heavy atom. The highest BCUT2D eigenvalue weighted by atomic mass is 16.5. The molecule has 7 nitrogen and oxygen atoms in total. The molecule has 1 aromatic heterocycles. The zero-order valence-electron chi connectivity index (χ0n) is 28.0. The van der Waals surface area contributed by atoms with Crippen molar-refractivity contribution in [3.8, 4) is 34.4 Å². The number of imidazole rings is 1. The quantitative estimate of drug-likeness (QED) is 0.117. The first kappa shape index (κ1) is 32.4. The van der Waals surface area contributed by atoms with Gasteiger partial charge >= 0.3 is 0 Å². The Morgan fingerprint density at radius 1 is 0.652 bits per heavy atom. The smallest absolute Gasteiger partial charge is 0.144 e. The summed E-state index contributed by atoms with van der Waals surface area (Å²) in [6.07, 6.45) is 10.8. The number of aromatic nitrogens is 2. The van der Waals surface area contributed by atoms with Crippen LogP contribution >= 0.6 is 0 Å². The molecule has 0 spiro atoms. The van der Waals surface area contributed by atoms with Gasteiger partial charge in [-0.15, -0.1) is 0 Å². The summed E-state index contributed by atoms with van der Waals surface area (Å²) >= 11 is 0. The molecule has 2 aliphatic rings. The lowest BCUT2D eigenvalue weighted by molar-refractivity contribution is 0.230. The molecule has 4 aromatic rings. The van der Waals surface area contributed by atoms with Gasteiger partial charge in [0, 0.05) is 31.8 Å². The molecule has 2 saturated heterocycles. The summed E-state index contributed by atoms with van der Waals surface area (Å²) in [5, 5.41) is 0. The Kier molecular flexibility index (Phi) is 11.5. The molecule has 2 aliphatic heterocycles. The molecular weight excluding hydrogens is 572 g/mol. The predicted octanol–water partition coefficient (Wildman–Crippen LogP) is 8.59. The maximum Gasteiger partial charge on any atom is 0.144 e. The van der Waals surface area contributed by atoms with Crippen LogP contribution in [0.5, 0.6) is 23.0 Å². The molecule has 0 amide bonds. The highest BCUT2D eigenvalue weighted by molar-refractivity contribution is 5.83.